The van der Waals surface area contributed by atoms with Gasteiger partial charge in [0.1, 0.15) is 0 Å². The molecule has 0 fully saturated rings. The highest BCUT2D eigenvalue weighted by atomic mass is 32.2. The number of carbonyl (C=O) groups is 1. The van der Waals surface area contributed by atoms with Crippen LogP contribution in [0.25, 0.3) is 6.08 Å². The van der Waals surface area contributed by atoms with E-state index in [0.29, 0.717) is 0 Å². The molecule has 3 nitrogen and oxygen atoms in total. The summed E-state index contributed by atoms with van der Waals surface area (Å²) in [6, 6.07) is 3.72. The minimum Gasteiger partial charge on any atom is -0.481 e. The Bertz CT molecular complexity index is 298. The highest BCUT2D eigenvalue weighted by Gasteiger charge is 1.92. The Balaban J connectivity index is 2.37. The standard InChI is InChI=1S/C9H9NO2S/c11-9(12)7-13-6-3-8-1-4-10-5-2-8/h1-6H,7H2,(H,11,12)/b6-3+. The molecule has 0 aliphatic rings. The summed E-state index contributed by atoms with van der Waals surface area (Å²) in [6.07, 6.45) is 5.25. The Morgan fingerprint density at radius 3 is 2.85 bits per heavy atom. The van der Waals surface area contributed by atoms with Crippen LogP contribution in [0.5, 0.6) is 0 Å². The molecule has 1 rings (SSSR count). The second-order valence-electron chi connectivity index (χ2n) is 2.29. The summed E-state index contributed by atoms with van der Waals surface area (Å²) in [7, 11) is 0. The molecular formula is C9H9NO2S. The summed E-state index contributed by atoms with van der Waals surface area (Å²) in [5.74, 6) is -0.703. The van der Waals surface area contributed by atoms with Crippen LogP contribution < -0.4 is 0 Å². The smallest absolute Gasteiger partial charge is 0.313 e. The summed E-state index contributed by atoms with van der Waals surface area (Å²) in [4.78, 5) is 14.0. The Kier molecular flexibility index (Phi) is 4.05. The average molecular weight is 195 g/mol. The van der Waals surface area contributed by atoms with Gasteiger partial charge in [0.15, 0.2) is 0 Å². The van der Waals surface area contributed by atoms with Gasteiger partial charge in [0.25, 0.3) is 0 Å². The lowest BCUT2D eigenvalue weighted by Gasteiger charge is -1.90. The second-order valence-corrected chi connectivity index (χ2v) is 3.18. The zero-order valence-corrected chi connectivity index (χ0v) is 7.70. The third kappa shape index (κ3) is 4.32. The van der Waals surface area contributed by atoms with E-state index >= 15 is 0 Å². The van der Waals surface area contributed by atoms with E-state index in [1.807, 2.05) is 18.2 Å². The molecule has 4 heteroatoms. The Morgan fingerprint density at radius 2 is 2.23 bits per heavy atom. The minimum atomic E-state index is -0.802. The number of hydrogen-bond donors (Lipinski definition) is 1. The fraction of sp³-hybridized carbons (Fsp3) is 0.111. The van der Waals surface area contributed by atoms with E-state index in [4.69, 9.17) is 5.11 Å². The third-order valence-corrected chi connectivity index (χ3v) is 2.01. The lowest BCUT2D eigenvalue weighted by Crippen LogP contribution is -1.95. The monoisotopic (exact) mass is 195 g/mol. The van der Waals surface area contributed by atoms with E-state index in [2.05, 4.69) is 4.98 Å². The number of carboxylic acid groups (broad SMARTS) is 1. The SMILES string of the molecule is O=C(O)CS/C=C/c1ccncc1. The van der Waals surface area contributed by atoms with Gasteiger partial charge in [-0.2, -0.15) is 0 Å². The maximum absolute atomic E-state index is 10.1. The molecule has 13 heavy (non-hydrogen) atoms. The maximum Gasteiger partial charge on any atom is 0.313 e. The van der Waals surface area contributed by atoms with Crippen LogP contribution >= 0.6 is 11.8 Å². The first-order valence-electron chi connectivity index (χ1n) is 3.69. The zero-order valence-electron chi connectivity index (χ0n) is 6.88. The number of rotatable bonds is 4. The molecule has 1 aromatic rings. The molecule has 0 aliphatic heterocycles. The summed E-state index contributed by atoms with van der Waals surface area (Å²) in [6.45, 7) is 0. The molecule has 0 aliphatic carbocycles. The zero-order chi connectivity index (χ0) is 9.52. The molecule has 1 aromatic heterocycles. The first kappa shape index (κ1) is 9.80. The van der Waals surface area contributed by atoms with Gasteiger partial charge in [-0.1, -0.05) is 0 Å². The van der Waals surface area contributed by atoms with Crippen LogP contribution in [0, 0.1) is 0 Å². The Labute approximate surface area is 80.5 Å². The van der Waals surface area contributed by atoms with E-state index in [1.54, 1.807) is 17.8 Å². The number of aromatic nitrogens is 1. The largest absolute Gasteiger partial charge is 0.481 e. The van der Waals surface area contributed by atoms with Crippen LogP contribution in [0.2, 0.25) is 0 Å². The molecule has 68 valence electrons. The van der Waals surface area contributed by atoms with Crippen molar-refractivity contribution in [1.29, 1.82) is 0 Å². The lowest BCUT2D eigenvalue weighted by atomic mass is 10.3. The lowest BCUT2D eigenvalue weighted by molar-refractivity contribution is -0.133. The van der Waals surface area contributed by atoms with Gasteiger partial charge in [0, 0.05) is 12.4 Å². The van der Waals surface area contributed by atoms with Gasteiger partial charge >= 0.3 is 5.97 Å². The van der Waals surface area contributed by atoms with Gasteiger partial charge < -0.3 is 5.11 Å². The highest BCUT2D eigenvalue weighted by molar-refractivity contribution is 8.02. The van der Waals surface area contributed by atoms with Gasteiger partial charge in [0.05, 0.1) is 5.75 Å². The normalized spacial score (nSPS) is 10.5. The van der Waals surface area contributed by atoms with Crippen LogP contribution in [0.4, 0.5) is 0 Å². The topological polar surface area (TPSA) is 50.2 Å². The second kappa shape index (κ2) is 5.37. The average Bonchev–Trinajstić information content (AvgIpc) is 2.14. The predicted molar refractivity (Wildman–Crippen MR) is 53.4 cm³/mol. The van der Waals surface area contributed by atoms with Gasteiger partial charge in [0.2, 0.25) is 0 Å². The number of pyridine rings is 1. The van der Waals surface area contributed by atoms with E-state index in [1.165, 1.54) is 11.8 Å². The molecule has 0 unspecified atom stereocenters. The first-order valence-corrected chi connectivity index (χ1v) is 4.74. The van der Waals surface area contributed by atoms with Gasteiger partial charge in [-0.25, -0.2) is 0 Å². The van der Waals surface area contributed by atoms with Crippen molar-refractivity contribution in [2.24, 2.45) is 0 Å². The van der Waals surface area contributed by atoms with Crippen molar-refractivity contribution in [1.82, 2.24) is 4.98 Å². The molecule has 0 saturated heterocycles. The molecule has 0 atom stereocenters. The summed E-state index contributed by atoms with van der Waals surface area (Å²) >= 11 is 1.26. The first-order chi connectivity index (χ1) is 6.29. The Hall–Kier alpha value is -1.29. The number of aliphatic carboxylic acids is 1. The molecular weight excluding hydrogens is 186 g/mol. The molecule has 0 spiro atoms. The van der Waals surface area contributed by atoms with Crippen molar-refractivity contribution in [2.45, 2.75) is 0 Å². The third-order valence-electron chi connectivity index (χ3n) is 1.27. The summed E-state index contributed by atoms with van der Waals surface area (Å²) in [5.41, 5.74) is 1.02. The van der Waals surface area contributed by atoms with Crippen LogP contribution in [0.1, 0.15) is 5.56 Å². The fourth-order valence-electron chi connectivity index (χ4n) is 0.721. The number of nitrogens with zero attached hydrogens (tertiary/aromatic N) is 1. The molecule has 1 heterocycles. The molecule has 0 bridgehead atoms. The van der Waals surface area contributed by atoms with Crippen molar-refractivity contribution in [3.05, 3.63) is 35.5 Å². The van der Waals surface area contributed by atoms with Crippen molar-refractivity contribution in [3.63, 3.8) is 0 Å². The van der Waals surface area contributed by atoms with Crippen LogP contribution in [-0.4, -0.2) is 21.8 Å². The van der Waals surface area contributed by atoms with Gasteiger partial charge in [-0.3, -0.25) is 9.78 Å². The van der Waals surface area contributed by atoms with Crippen LogP contribution in [0.3, 0.4) is 0 Å². The maximum atomic E-state index is 10.1. The molecule has 1 N–H and O–H groups in total. The summed E-state index contributed by atoms with van der Waals surface area (Å²) < 4.78 is 0. The molecule has 0 radical (unpaired) electrons. The van der Waals surface area contributed by atoms with Crippen LogP contribution in [-0.2, 0) is 4.79 Å². The van der Waals surface area contributed by atoms with Crippen LogP contribution in [0.15, 0.2) is 29.9 Å². The number of hydrogen-bond acceptors (Lipinski definition) is 3. The predicted octanol–water partition coefficient (Wildman–Crippen LogP) is 1.87. The quantitative estimate of drug-likeness (QED) is 0.796. The van der Waals surface area contributed by atoms with Gasteiger partial charge in [-0.05, 0) is 29.2 Å². The molecule has 0 aromatic carbocycles. The molecule has 0 saturated carbocycles. The van der Waals surface area contributed by atoms with Crippen molar-refractivity contribution >= 4 is 23.8 Å². The minimum absolute atomic E-state index is 0.0988. The molecule has 0 amide bonds. The van der Waals surface area contributed by atoms with Crippen molar-refractivity contribution in [3.8, 4) is 0 Å². The van der Waals surface area contributed by atoms with E-state index in [9.17, 15) is 4.79 Å². The Morgan fingerprint density at radius 1 is 1.54 bits per heavy atom. The van der Waals surface area contributed by atoms with Gasteiger partial charge in [-0.15, -0.1) is 11.8 Å². The highest BCUT2D eigenvalue weighted by Crippen LogP contribution is 2.06. The summed E-state index contributed by atoms with van der Waals surface area (Å²) in [5, 5.41) is 10.1. The van der Waals surface area contributed by atoms with E-state index in [-0.39, 0.29) is 5.75 Å². The van der Waals surface area contributed by atoms with E-state index in [0.717, 1.165) is 5.56 Å². The number of carboxylic acids is 1. The van der Waals surface area contributed by atoms with E-state index < -0.39 is 5.97 Å². The van der Waals surface area contributed by atoms with Crippen molar-refractivity contribution < 1.29 is 9.90 Å². The number of thioether (sulfide) groups is 1. The fourth-order valence-corrected chi connectivity index (χ4v) is 1.21. The van der Waals surface area contributed by atoms with Crippen molar-refractivity contribution in [2.75, 3.05) is 5.75 Å².